The van der Waals surface area contributed by atoms with E-state index >= 15 is 0 Å². The largest absolute Gasteiger partial charge is 2.00 e. The van der Waals surface area contributed by atoms with Gasteiger partial charge in [-0.1, -0.05) is 0 Å². The van der Waals surface area contributed by atoms with E-state index < -0.39 is 20.0 Å². The van der Waals surface area contributed by atoms with Gasteiger partial charge in [0.25, 0.3) is 0 Å². The van der Waals surface area contributed by atoms with Crippen LogP contribution < -0.4 is 17.3 Å². The third kappa shape index (κ3) is 134. The molecule has 0 saturated carbocycles. The SMILES string of the molecule is [Cl-].[Cl][Al]([Cl])[Cl].[Mg+2].[O-]P(O)O. The average molecular weight is 274 g/mol. The molecule has 10 heavy (non-hydrogen) atoms. The van der Waals surface area contributed by atoms with Crippen LogP contribution in [0.2, 0.25) is 0 Å². The topological polar surface area (TPSA) is 63.5 Å². The van der Waals surface area contributed by atoms with Crippen LogP contribution in [-0.4, -0.2) is 44.2 Å². The fourth-order valence-corrected chi connectivity index (χ4v) is 0. The van der Waals surface area contributed by atoms with Crippen molar-refractivity contribution in [2.45, 2.75) is 0 Å². The van der Waals surface area contributed by atoms with Crippen LogP contribution in [0.3, 0.4) is 0 Å². The molecule has 0 fully saturated rings. The van der Waals surface area contributed by atoms with E-state index in [4.69, 9.17) is 44.8 Å². The third-order valence-corrected chi connectivity index (χ3v) is 0. The van der Waals surface area contributed by atoms with Crippen molar-refractivity contribution < 1.29 is 27.1 Å². The van der Waals surface area contributed by atoms with Crippen LogP contribution in [0.15, 0.2) is 0 Å². The Bertz CT molecular complexity index is 36.0. The van der Waals surface area contributed by atoms with Gasteiger partial charge in [0.15, 0.2) is 0 Å². The summed E-state index contributed by atoms with van der Waals surface area (Å²) in [5.41, 5.74) is 0. The Morgan fingerprint density at radius 1 is 1.20 bits per heavy atom. The van der Waals surface area contributed by atoms with Gasteiger partial charge in [0.05, 0.1) is 8.60 Å². The van der Waals surface area contributed by atoms with E-state index in [-0.39, 0.29) is 35.5 Å². The molecule has 2 N–H and O–H groups in total. The van der Waals surface area contributed by atoms with Gasteiger partial charge >= 0.3 is 34.4 Å². The maximum atomic E-state index is 8.70. The summed E-state index contributed by atoms with van der Waals surface area (Å²) in [6.45, 7) is 0. The first kappa shape index (κ1) is 23.0. The van der Waals surface area contributed by atoms with Crippen molar-refractivity contribution in [1.82, 2.24) is 0 Å². The molecule has 0 amide bonds. The zero-order valence-electron chi connectivity index (χ0n) is 4.55. The Morgan fingerprint density at radius 3 is 1.20 bits per heavy atom. The molecule has 0 aromatic carbocycles. The Hall–Kier alpha value is 2.77. The van der Waals surface area contributed by atoms with Gasteiger partial charge in [-0.2, -0.15) is 0 Å². The minimum absolute atomic E-state index is 0. The molecule has 10 heteroatoms. The van der Waals surface area contributed by atoms with Gasteiger partial charge in [0.2, 0.25) is 0 Å². The van der Waals surface area contributed by atoms with Crippen molar-refractivity contribution >= 4 is 73.2 Å². The van der Waals surface area contributed by atoms with Crippen molar-refractivity contribution in [2.75, 3.05) is 0 Å². The Balaban J connectivity index is -0.0000000300. The van der Waals surface area contributed by atoms with Crippen LogP contribution in [0.25, 0.3) is 0 Å². The Labute approximate surface area is 99.2 Å². The van der Waals surface area contributed by atoms with E-state index in [1.54, 1.807) is 0 Å². The summed E-state index contributed by atoms with van der Waals surface area (Å²) < 4.78 is 0. The van der Waals surface area contributed by atoms with Gasteiger partial charge in [0, 0.05) is 0 Å². The van der Waals surface area contributed by atoms with E-state index in [0.717, 1.165) is 0 Å². The third-order valence-electron chi connectivity index (χ3n) is 0. The minimum Gasteiger partial charge on any atom is -1.00 e. The molecule has 3 nitrogen and oxygen atoms in total. The number of halogens is 4. The van der Waals surface area contributed by atoms with Crippen LogP contribution >= 0.6 is 38.7 Å². The Kier molecular flexibility index (Phi) is 40.8. The maximum absolute atomic E-state index is 8.70. The molecule has 0 rings (SSSR count). The van der Waals surface area contributed by atoms with Crippen LogP contribution in [-0.2, 0) is 0 Å². The fraction of sp³-hybridized carbons (Fsp3) is 0. The van der Waals surface area contributed by atoms with E-state index in [1.807, 2.05) is 0 Å². The zero-order valence-corrected chi connectivity index (χ0v) is 11.0. The molecule has 0 heterocycles. The summed E-state index contributed by atoms with van der Waals surface area (Å²) in [5.74, 6) is 0. The van der Waals surface area contributed by atoms with Gasteiger partial charge in [-0.15, -0.1) is 0 Å². The van der Waals surface area contributed by atoms with E-state index in [1.165, 1.54) is 0 Å². The first-order valence-electron chi connectivity index (χ1n) is 1.24. The normalized spacial score (nSPS) is 6.30. The molecule has 0 aliphatic heterocycles. The second-order valence-corrected chi connectivity index (χ2v) is 7.44. The van der Waals surface area contributed by atoms with Crippen LogP contribution in [0, 0.1) is 0 Å². The van der Waals surface area contributed by atoms with Crippen molar-refractivity contribution in [3.63, 3.8) is 0 Å². The second kappa shape index (κ2) is 17.7. The van der Waals surface area contributed by atoms with Crippen LogP contribution in [0.5, 0.6) is 0 Å². The predicted molar refractivity (Wildman–Crippen MR) is 40.4 cm³/mol. The van der Waals surface area contributed by atoms with Gasteiger partial charge in [-0.25, -0.2) is 30.1 Å². The molecule has 0 aliphatic carbocycles. The molecule has 0 atom stereocenters. The van der Waals surface area contributed by atoms with Gasteiger partial charge < -0.3 is 27.1 Å². The summed E-state index contributed by atoms with van der Waals surface area (Å²) in [5, 5.41) is 0. The summed E-state index contributed by atoms with van der Waals surface area (Å²) in [6.07, 6.45) is 0. The maximum Gasteiger partial charge on any atom is 2.00 e. The van der Waals surface area contributed by atoms with Crippen molar-refractivity contribution in [1.29, 1.82) is 0 Å². The number of rotatable bonds is 0. The summed E-state index contributed by atoms with van der Waals surface area (Å²) >= 11 is -1.72. The predicted octanol–water partition coefficient (Wildman–Crippen LogP) is -3.13. The van der Waals surface area contributed by atoms with E-state index in [0.29, 0.717) is 0 Å². The number of hydrogen-bond acceptors (Lipinski definition) is 3. The standard InChI is InChI=1S/Al.4ClH.Mg.H2O3P/c;;;;;;1-4(2)3/h;4*1H;;1-2H/q+3;;;;;+2;-1/p-4. The molecule has 0 aliphatic rings. The van der Waals surface area contributed by atoms with E-state index in [2.05, 4.69) is 0 Å². The van der Waals surface area contributed by atoms with Crippen molar-refractivity contribution in [2.24, 2.45) is 0 Å². The minimum atomic E-state index is -2.87. The molecule has 0 unspecified atom stereocenters. The smallest absolute Gasteiger partial charge is 1.00 e. The first-order valence-corrected chi connectivity index (χ1v) is 7.64. The zero-order chi connectivity index (χ0) is 7.15. The summed E-state index contributed by atoms with van der Waals surface area (Å²) in [6, 6.07) is 0. The molecule has 0 aromatic rings. The molecule has 0 radical (unpaired) electrons. The molecule has 0 aromatic heterocycles. The molecular weight excluding hydrogens is 272 g/mol. The monoisotopic (exact) mass is 272 g/mol. The molecule has 0 bridgehead atoms. The van der Waals surface area contributed by atoms with Crippen LogP contribution in [0.4, 0.5) is 0 Å². The number of hydrogen-bond donors (Lipinski definition) is 2. The van der Waals surface area contributed by atoms with Gasteiger partial charge in [0.1, 0.15) is 0 Å². The van der Waals surface area contributed by atoms with Gasteiger partial charge in [-0.3, -0.25) is 0 Å². The first-order chi connectivity index (χ1) is 3.46. The van der Waals surface area contributed by atoms with Crippen LogP contribution in [0.1, 0.15) is 0 Å². The van der Waals surface area contributed by atoms with Crippen molar-refractivity contribution in [3.8, 4) is 0 Å². The quantitative estimate of drug-likeness (QED) is 0.363. The molecule has 0 spiro atoms. The summed E-state index contributed by atoms with van der Waals surface area (Å²) in [7, 11) is 12.0. The second-order valence-electron chi connectivity index (χ2n) is 0.500. The van der Waals surface area contributed by atoms with Gasteiger partial charge in [-0.05, 0) is 0 Å². The molecule has 0 saturated heterocycles. The molecule has 58 valence electrons. The average Bonchev–Trinajstić information content (AvgIpc) is 1.25. The Morgan fingerprint density at radius 2 is 1.20 bits per heavy atom. The van der Waals surface area contributed by atoms with Crippen molar-refractivity contribution in [3.05, 3.63) is 0 Å². The summed E-state index contributed by atoms with van der Waals surface area (Å²) in [4.78, 5) is 22.9. The fourth-order valence-electron chi connectivity index (χ4n) is 0. The molecular formula is H2AlCl4MgO3P. The van der Waals surface area contributed by atoms with E-state index in [9.17, 15) is 0 Å².